The van der Waals surface area contributed by atoms with Crippen LogP contribution >= 0.6 is 0 Å². The van der Waals surface area contributed by atoms with Crippen molar-refractivity contribution in [1.82, 2.24) is 21.9 Å². The molecule has 0 bridgehead atoms. The van der Waals surface area contributed by atoms with Crippen LogP contribution in [0.5, 0.6) is 0 Å². The molecule has 1 aliphatic heterocycles. The molecule has 14 heavy (non-hydrogen) atoms. The molecule has 0 amide bonds. The third-order valence-electron chi connectivity index (χ3n) is 2.55. The highest BCUT2D eigenvalue weighted by molar-refractivity contribution is 4.49. The quantitative estimate of drug-likeness (QED) is 0.550. The molecule has 0 unspecified atom stereocenters. The van der Waals surface area contributed by atoms with E-state index in [1.165, 1.54) is 51.4 Å². The Labute approximate surface area is 87.1 Å². The van der Waals surface area contributed by atoms with Crippen LogP contribution in [0.15, 0.2) is 0 Å². The van der Waals surface area contributed by atoms with E-state index in [0.29, 0.717) is 0 Å². The molecule has 1 aliphatic rings. The van der Waals surface area contributed by atoms with Crippen LogP contribution in [-0.4, -0.2) is 13.1 Å². The van der Waals surface area contributed by atoms with Gasteiger partial charge in [-0.2, -0.15) is 11.1 Å². The van der Waals surface area contributed by atoms with Gasteiger partial charge in [0.25, 0.3) is 0 Å². The van der Waals surface area contributed by atoms with E-state index in [1.54, 1.807) is 0 Å². The van der Waals surface area contributed by atoms with Gasteiger partial charge in [0, 0.05) is 13.1 Å². The Balaban J connectivity index is 2.00. The zero-order chi connectivity index (χ0) is 9.90. The van der Waals surface area contributed by atoms with Gasteiger partial charge in [0.1, 0.15) is 0 Å². The molecule has 0 saturated carbocycles. The first-order valence-corrected chi connectivity index (χ1v) is 5.89. The molecule has 0 aromatic heterocycles. The van der Waals surface area contributed by atoms with Gasteiger partial charge < -0.3 is 0 Å². The second-order valence-electron chi connectivity index (χ2n) is 3.87. The first-order valence-electron chi connectivity index (χ1n) is 5.89. The lowest BCUT2D eigenvalue weighted by atomic mass is 10.1. The van der Waals surface area contributed by atoms with E-state index in [-0.39, 0.29) is 0 Å². The summed E-state index contributed by atoms with van der Waals surface area (Å²) >= 11 is 0. The Morgan fingerprint density at radius 2 is 1.36 bits per heavy atom. The summed E-state index contributed by atoms with van der Waals surface area (Å²) in [5.41, 5.74) is 12.9. The monoisotopic (exact) mass is 199 g/mol. The van der Waals surface area contributed by atoms with Gasteiger partial charge in [0.15, 0.2) is 0 Å². The molecule has 1 fully saturated rings. The maximum atomic E-state index is 4.14. The van der Waals surface area contributed by atoms with Crippen LogP contribution in [0, 0.1) is 0 Å². The standard InChI is InChI=1S/C10H23N4/c1-2-4-6-8-10-12-14-13-11-9-7-5-3-1/h11,13-14H,1-10H2. The molecule has 0 aliphatic carbocycles. The summed E-state index contributed by atoms with van der Waals surface area (Å²) < 4.78 is 0. The van der Waals surface area contributed by atoms with Crippen LogP contribution in [0.25, 0.3) is 0 Å². The lowest BCUT2D eigenvalue weighted by Gasteiger charge is -2.09. The average molecular weight is 199 g/mol. The van der Waals surface area contributed by atoms with Crippen LogP contribution in [0.4, 0.5) is 0 Å². The van der Waals surface area contributed by atoms with Gasteiger partial charge in [-0.1, -0.05) is 38.5 Å². The number of hydrogen-bond donors (Lipinski definition) is 3. The highest BCUT2D eigenvalue weighted by Crippen LogP contribution is 2.07. The first-order chi connectivity index (χ1) is 7.00. The van der Waals surface area contributed by atoms with Crippen LogP contribution in [0.1, 0.15) is 51.4 Å². The summed E-state index contributed by atoms with van der Waals surface area (Å²) in [5.74, 6) is 0. The molecule has 1 saturated heterocycles. The van der Waals surface area contributed by atoms with Crippen LogP contribution in [0.2, 0.25) is 0 Å². The Hall–Kier alpha value is -0.160. The number of nitrogens with one attached hydrogen (secondary N) is 3. The van der Waals surface area contributed by atoms with Gasteiger partial charge in [-0.3, -0.25) is 0 Å². The summed E-state index contributed by atoms with van der Waals surface area (Å²) in [5, 5.41) is 0. The molecular formula is C10H23N4. The van der Waals surface area contributed by atoms with E-state index in [2.05, 4.69) is 21.9 Å². The fourth-order valence-electron chi connectivity index (χ4n) is 1.66. The predicted molar refractivity (Wildman–Crippen MR) is 58.2 cm³/mol. The number of rotatable bonds is 0. The van der Waals surface area contributed by atoms with Crippen molar-refractivity contribution in [2.24, 2.45) is 0 Å². The summed E-state index contributed by atoms with van der Waals surface area (Å²) in [6.07, 6.45) is 10.7. The predicted octanol–water partition coefficient (Wildman–Crippen LogP) is 1.24. The lowest BCUT2D eigenvalue weighted by molar-refractivity contribution is 0.351. The van der Waals surface area contributed by atoms with E-state index in [9.17, 15) is 0 Å². The van der Waals surface area contributed by atoms with E-state index in [0.717, 1.165) is 13.1 Å². The third kappa shape index (κ3) is 7.26. The minimum atomic E-state index is 0.911. The maximum Gasteiger partial charge on any atom is 0.0318 e. The Morgan fingerprint density at radius 3 is 2.14 bits per heavy atom. The highest BCUT2D eigenvalue weighted by atomic mass is 15.7. The molecule has 0 aromatic rings. The summed E-state index contributed by atoms with van der Waals surface area (Å²) in [4.78, 5) is 0. The van der Waals surface area contributed by atoms with E-state index < -0.39 is 0 Å². The second kappa shape index (κ2) is 9.40. The maximum absolute atomic E-state index is 4.14. The van der Waals surface area contributed by atoms with Crippen LogP contribution < -0.4 is 21.9 Å². The molecule has 3 N–H and O–H groups in total. The van der Waals surface area contributed by atoms with Crippen molar-refractivity contribution >= 4 is 0 Å². The number of nitrogens with zero attached hydrogens (tertiary/aromatic N) is 1. The first kappa shape index (κ1) is 11.9. The van der Waals surface area contributed by atoms with E-state index >= 15 is 0 Å². The summed E-state index contributed by atoms with van der Waals surface area (Å²) in [6.45, 7) is 1.93. The van der Waals surface area contributed by atoms with Gasteiger partial charge in [-0.15, -0.1) is 5.43 Å². The smallest absolute Gasteiger partial charge is 0.0318 e. The molecule has 1 rings (SSSR count). The second-order valence-corrected chi connectivity index (χ2v) is 3.87. The summed E-state index contributed by atoms with van der Waals surface area (Å²) in [6, 6.07) is 0. The van der Waals surface area contributed by atoms with Gasteiger partial charge in [-0.25, -0.2) is 5.43 Å². The van der Waals surface area contributed by atoms with Gasteiger partial charge in [-0.05, 0) is 12.8 Å². The third-order valence-corrected chi connectivity index (χ3v) is 2.55. The minimum absolute atomic E-state index is 0.911. The van der Waals surface area contributed by atoms with Crippen LogP contribution in [-0.2, 0) is 0 Å². The van der Waals surface area contributed by atoms with Crippen LogP contribution in [0.3, 0.4) is 0 Å². The fraction of sp³-hybridized carbons (Fsp3) is 1.00. The molecule has 4 nitrogen and oxygen atoms in total. The zero-order valence-electron chi connectivity index (χ0n) is 9.02. The largest absolute Gasteiger partial charge is 0.243 e. The van der Waals surface area contributed by atoms with Crippen molar-refractivity contribution in [3.8, 4) is 0 Å². The van der Waals surface area contributed by atoms with E-state index in [1.807, 2.05) is 0 Å². The van der Waals surface area contributed by atoms with Crippen molar-refractivity contribution in [1.29, 1.82) is 0 Å². The molecule has 1 radical (unpaired) electrons. The molecular weight excluding hydrogens is 176 g/mol. The molecule has 0 spiro atoms. The average Bonchev–Trinajstić information content (AvgIpc) is 2.22. The normalized spacial score (nSPS) is 24.0. The molecule has 0 aromatic carbocycles. The molecule has 4 heteroatoms. The molecule has 1 heterocycles. The van der Waals surface area contributed by atoms with Gasteiger partial charge in [0.2, 0.25) is 0 Å². The van der Waals surface area contributed by atoms with Crippen molar-refractivity contribution in [2.45, 2.75) is 51.4 Å². The topological polar surface area (TPSA) is 50.2 Å². The fourth-order valence-corrected chi connectivity index (χ4v) is 1.66. The summed E-state index contributed by atoms with van der Waals surface area (Å²) in [7, 11) is 0. The lowest BCUT2D eigenvalue weighted by Crippen LogP contribution is -2.47. The van der Waals surface area contributed by atoms with E-state index in [4.69, 9.17) is 0 Å². The molecule has 83 valence electrons. The van der Waals surface area contributed by atoms with Gasteiger partial charge >= 0.3 is 0 Å². The highest BCUT2D eigenvalue weighted by Gasteiger charge is 1.94. The molecule has 0 atom stereocenters. The number of hydrogen-bond acceptors (Lipinski definition) is 3. The van der Waals surface area contributed by atoms with Crippen molar-refractivity contribution in [3.63, 3.8) is 0 Å². The SMILES string of the molecule is C1CCCCCNNN[N]CCCC1. The minimum Gasteiger partial charge on any atom is -0.243 e. The van der Waals surface area contributed by atoms with Crippen molar-refractivity contribution in [2.75, 3.05) is 13.1 Å². The Bertz CT molecular complexity index is 65.4. The zero-order valence-corrected chi connectivity index (χ0v) is 9.02. The van der Waals surface area contributed by atoms with Crippen molar-refractivity contribution < 1.29 is 0 Å². The Kier molecular flexibility index (Phi) is 8.00. The van der Waals surface area contributed by atoms with Crippen molar-refractivity contribution in [3.05, 3.63) is 0 Å². The number of hydrazine groups is 2. The van der Waals surface area contributed by atoms with Gasteiger partial charge in [0.05, 0.1) is 0 Å². The Morgan fingerprint density at radius 1 is 0.714 bits per heavy atom.